The van der Waals surface area contributed by atoms with Crippen molar-refractivity contribution in [1.82, 2.24) is 5.32 Å². The fraction of sp³-hybridized carbons (Fsp3) is 0.778. The molecule has 0 aromatic rings. The average molecular weight is 184 g/mol. The highest BCUT2D eigenvalue weighted by Crippen LogP contribution is 2.15. The van der Waals surface area contributed by atoms with Gasteiger partial charge in [0.1, 0.15) is 5.54 Å². The number of nitriles is 1. The molecule has 0 aromatic heterocycles. The number of nitrogens with one attached hydrogen (secondary N) is 1. The summed E-state index contributed by atoms with van der Waals surface area (Å²) < 4.78 is 4.88. The third kappa shape index (κ3) is 3.90. The molecule has 4 nitrogen and oxygen atoms in total. The van der Waals surface area contributed by atoms with Gasteiger partial charge in [0, 0.05) is 20.1 Å². The van der Waals surface area contributed by atoms with Gasteiger partial charge in [-0.05, 0) is 6.42 Å². The highest BCUT2D eigenvalue weighted by Gasteiger charge is 2.27. The number of carbonyl (C=O) groups is 1. The van der Waals surface area contributed by atoms with E-state index >= 15 is 0 Å². The first-order valence-electron chi connectivity index (χ1n) is 4.36. The van der Waals surface area contributed by atoms with Gasteiger partial charge in [0.25, 0.3) is 0 Å². The van der Waals surface area contributed by atoms with E-state index in [9.17, 15) is 4.79 Å². The Morgan fingerprint density at radius 3 is 2.69 bits per heavy atom. The van der Waals surface area contributed by atoms with Gasteiger partial charge < -0.3 is 10.1 Å². The zero-order valence-corrected chi connectivity index (χ0v) is 8.17. The minimum absolute atomic E-state index is 0.481. The number of methoxy groups -OCH3 is 1. The summed E-state index contributed by atoms with van der Waals surface area (Å²) in [6.07, 6.45) is 2.63. The Morgan fingerprint density at radius 1 is 1.62 bits per heavy atom. The molecule has 0 bridgehead atoms. The van der Waals surface area contributed by atoms with Crippen LogP contribution in [0.3, 0.4) is 0 Å². The van der Waals surface area contributed by atoms with Crippen LogP contribution < -0.4 is 5.32 Å². The van der Waals surface area contributed by atoms with E-state index in [0.29, 0.717) is 25.9 Å². The van der Waals surface area contributed by atoms with Gasteiger partial charge >= 0.3 is 0 Å². The molecule has 0 fully saturated rings. The summed E-state index contributed by atoms with van der Waals surface area (Å²) in [5.74, 6) is 0. The van der Waals surface area contributed by atoms with Crippen molar-refractivity contribution >= 4 is 6.41 Å². The highest BCUT2D eigenvalue weighted by atomic mass is 16.5. The van der Waals surface area contributed by atoms with Crippen LogP contribution in [0.2, 0.25) is 0 Å². The van der Waals surface area contributed by atoms with Crippen molar-refractivity contribution in [2.45, 2.75) is 31.7 Å². The van der Waals surface area contributed by atoms with Gasteiger partial charge in [-0.3, -0.25) is 4.79 Å². The third-order valence-corrected chi connectivity index (χ3v) is 1.96. The Morgan fingerprint density at radius 2 is 2.31 bits per heavy atom. The molecule has 0 aliphatic rings. The summed E-state index contributed by atoms with van der Waals surface area (Å²) in [5, 5.41) is 11.5. The Balaban J connectivity index is 4.27. The average Bonchev–Trinajstić information content (AvgIpc) is 2.15. The zero-order chi connectivity index (χ0) is 10.2. The normalized spacial score (nSPS) is 14.2. The van der Waals surface area contributed by atoms with Gasteiger partial charge in [-0.25, -0.2) is 0 Å². The Kier molecular flexibility index (Phi) is 5.90. The zero-order valence-electron chi connectivity index (χ0n) is 8.17. The summed E-state index contributed by atoms with van der Waals surface area (Å²) in [6.45, 7) is 2.46. The van der Waals surface area contributed by atoms with Gasteiger partial charge in [-0.15, -0.1) is 0 Å². The number of amides is 1. The number of carbonyl (C=O) groups excluding carboxylic acids is 1. The van der Waals surface area contributed by atoms with Crippen molar-refractivity contribution in [2.24, 2.45) is 0 Å². The van der Waals surface area contributed by atoms with Crippen molar-refractivity contribution in [2.75, 3.05) is 13.7 Å². The molecule has 0 saturated heterocycles. The van der Waals surface area contributed by atoms with Crippen molar-refractivity contribution in [3.8, 4) is 6.07 Å². The lowest BCUT2D eigenvalue weighted by atomic mass is 9.92. The number of rotatable bonds is 7. The van der Waals surface area contributed by atoms with Crippen molar-refractivity contribution in [3.63, 3.8) is 0 Å². The molecular formula is C9H16N2O2. The van der Waals surface area contributed by atoms with Crippen LogP contribution in [0, 0.1) is 11.3 Å². The summed E-state index contributed by atoms with van der Waals surface area (Å²) >= 11 is 0. The molecule has 4 heteroatoms. The van der Waals surface area contributed by atoms with Gasteiger partial charge in [-0.2, -0.15) is 5.26 Å². The van der Waals surface area contributed by atoms with Crippen LogP contribution in [0.4, 0.5) is 0 Å². The molecule has 1 amide bonds. The van der Waals surface area contributed by atoms with Crippen LogP contribution in [0.15, 0.2) is 0 Å². The first-order chi connectivity index (χ1) is 6.24. The third-order valence-electron chi connectivity index (χ3n) is 1.96. The molecule has 0 aromatic carbocycles. The van der Waals surface area contributed by atoms with Gasteiger partial charge in [0.15, 0.2) is 0 Å². The molecule has 0 aliphatic heterocycles. The van der Waals surface area contributed by atoms with Crippen LogP contribution in [0.25, 0.3) is 0 Å². The summed E-state index contributed by atoms with van der Waals surface area (Å²) in [4.78, 5) is 10.3. The first-order valence-corrected chi connectivity index (χ1v) is 4.36. The molecule has 74 valence electrons. The van der Waals surface area contributed by atoms with Crippen LogP contribution in [-0.4, -0.2) is 25.7 Å². The molecule has 0 rings (SSSR count). The second-order valence-corrected chi connectivity index (χ2v) is 2.95. The number of nitrogens with zero attached hydrogens (tertiary/aromatic N) is 1. The molecule has 1 unspecified atom stereocenters. The van der Waals surface area contributed by atoms with Crippen LogP contribution in [0.5, 0.6) is 0 Å². The molecule has 0 heterocycles. The monoisotopic (exact) mass is 184 g/mol. The Bertz CT molecular complexity index is 189. The molecule has 0 saturated carbocycles. The Hall–Kier alpha value is -1.08. The maximum absolute atomic E-state index is 10.3. The second-order valence-electron chi connectivity index (χ2n) is 2.95. The van der Waals surface area contributed by atoms with Gasteiger partial charge in [0.05, 0.1) is 6.07 Å². The van der Waals surface area contributed by atoms with Crippen LogP contribution in [-0.2, 0) is 9.53 Å². The van der Waals surface area contributed by atoms with E-state index in [1.54, 1.807) is 7.11 Å². The van der Waals surface area contributed by atoms with Crippen molar-refractivity contribution < 1.29 is 9.53 Å². The van der Waals surface area contributed by atoms with E-state index in [4.69, 9.17) is 10.00 Å². The minimum Gasteiger partial charge on any atom is -0.385 e. The molecule has 0 spiro atoms. The fourth-order valence-corrected chi connectivity index (χ4v) is 1.23. The Labute approximate surface area is 78.9 Å². The number of hydrogen-bond donors (Lipinski definition) is 1. The first kappa shape index (κ1) is 11.9. The second kappa shape index (κ2) is 6.44. The molecule has 0 radical (unpaired) electrons. The molecular weight excluding hydrogens is 168 g/mol. The lowest BCUT2D eigenvalue weighted by molar-refractivity contribution is -0.110. The van der Waals surface area contributed by atoms with Crippen molar-refractivity contribution in [1.29, 1.82) is 5.26 Å². The molecule has 1 N–H and O–H groups in total. The highest BCUT2D eigenvalue weighted by molar-refractivity contribution is 5.49. The predicted octanol–water partition coefficient (Wildman–Crippen LogP) is 0.831. The molecule has 13 heavy (non-hydrogen) atoms. The minimum atomic E-state index is -0.744. The SMILES string of the molecule is CCCC(C#N)(CCOC)NC=O. The van der Waals surface area contributed by atoms with Gasteiger partial charge in [0.2, 0.25) is 6.41 Å². The van der Waals surface area contributed by atoms with E-state index in [0.717, 1.165) is 6.42 Å². The predicted molar refractivity (Wildman–Crippen MR) is 48.9 cm³/mol. The quantitative estimate of drug-likeness (QED) is 0.596. The summed E-state index contributed by atoms with van der Waals surface area (Å²) in [7, 11) is 1.58. The van der Waals surface area contributed by atoms with Crippen LogP contribution in [0.1, 0.15) is 26.2 Å². The van der Waals surface area contributed by atoms with E-state index in [-0.39, 0.29) is 0 Å². The van der Waals surface area contributed by atoms with E-state index in [1.807, 2.05) is 6.92 Å². The molecule has 0 aliphatic carbocycles. The smallest absolute Gasteiger partial charge is 0.208 e. The van der Waals surface area contributed by atoms with Gasteiger partial charge in [-0.1, -0.05) is 13.3 Å². The maximum atomic E-state index is 10.3. The van der Waals surface area contributed by atoms with Crippen molar-refractivity contribution in [3.05, 3.63) is 0 Å². The molecule has 1 atom stereocenters. The number of hydrogen-bond acceptors (Lipinski definition) is 3. The topological polar surface area (TPSA) is 62.1 Å². The van der Waals surface area contributed by atoms with Crippen LogP contribution >= 0.6 is 0 Å². The fourth-order valence-electron chi connectivity index (χ4n) is 1.23. The maximum Gasteiger partial charge on any atom is 0.208 e. The summed E-state index contributed by atoms with van der Waals surface area (Å²) in [6, 6.07) is 2.13. The lowest BCUT2D eigenvalue weighted by Gasteiger charge is -2.24. The van der Waals surface area contributed by atoms with E-state index in [2.05, 4.69) is 11.4 Å². The largest absolute Gasteiger partial charge is 0.385 e. The summed E-state index contributed by atoms with van der Waals surface area (Å²) in [5.41, 5.74) is -0.744. The van der Waals surface area contributed by atoms with E-state index < -0.39 is 5.54 Å². The lowest BCUT2D eigenvalue weighted by Crippen LogP contribution is -2.44. The van der Waals surface area contributed by atoms with E-state index in [1.165, 1.54) is 0 Å². The standard InChI is InChI=1S/C9H16N2O2/c1-3-4-9(7-10,11-8-12)5-6-13-2/h8H,3-6H2,1-2H3,(H,11,12). The number of ether oxygens (including phenoxy) is 1.